The van der Waals surface area contributed by atoms with Crippen molar-refractivity contribution in [2.24, 2.45) is 0 Å². The molecule has 3 rings (SSSR count). The minimum Gasteiger partial charge on any atom is -0.375 e. The maximum atomic E-state index is 12.5. The van der Waals surface area contributed by atoms with Crippen LogP contribution in [0.1, 0.15) is 21.5 Å². The van der Waals surface area contributed by atoms with Crippen molar-refractivity contribution in [3.8, 4) is 0 Å². The molecule has 2 N–H and O–H groups in total. The summed E-state index contributed by atoms with van der Waals surface area (Å²) in [5, 5.41) is 17.7. The minimum atomic E-state index is -0.507. The number of hydrogen-bond donors (Lipinski definition) is 2. The molecule has 0 radical (unpaired) electrons. The third kappa shape index (κ3) is 4.66. The van der Waals surface area contributed by atoms with Gasteiger partial charge in [-0.25, -0.2) is 0 Å². The molecule has 6 nitrogen and oxygen atoms in total. The van der Waals surface area contributed by atoms with E-state index in [1.165, 1.54) is 12.1 Å². The normalized spacial score (nSPS) is 10.4. The Kier molecular flexibility index (Phi) is 5.91. The number of halogens is 1. The van der Waals surface area contributed by atoms with Gasteiger partial charge in [0.1, 0.15) is 5.69 Å². The highest BCUT2D eigenvalue weighted by Gasteiger charge is 2.18. The molecule has 7 heteroatoms. The van der Waals surface area contributed by atoms with Gasteiger partial charge in [-0.05, 0) is 42.3 Å². The number of nitro groups is 1. The Morgan fingerprint density at radius 3 is 2.50 bits per heavy atom. The number of carbonyl (C=O) groups is 1. The first-order valence-corrected chi connectivity index (χ1v) is 8.95. The quantitative estimate of drug-likeness (QED) is 0.431. The SMILES string of the molecule is Cc1ccc(NC(=O)c2ccc(NCc3ccccc3)c([N+](=O)[O-])c2)cc1Cl. The molecular weight excluding hydrogens is 378 g/mol. The van der Waals surface area contributed by atoms with Gasteiger partial charge in [-0.15, -0.1) is 0 Å². The van der Waals surface area contributed by atoms with E-state index in [-0.39, 0.29) is 11.3 Å². The number of benzene rings is 3. The van der Waals surface area contributed by atoms with Crippen molar-refractivity contribution in [2.45, 2.75) is 13.5 Å². The number of nitrogens with zero attached hydrogens (tertiary/aromatic N) is 1. The van der Waals surface area contributed by atoms with Gasteiger partial charge >= 0.3 is 0 Å². The van der Waals surface area contributed by atoms with Crippen molar-refractivity contribution < 1.29 is 9.72 Å². The minimum absolute atomic E-state index is 0.162. The topological polar surface area (TPSA) is 84.3 Å². The zero-order valence-electron chi connectivity index (χ0n) is 15.1. The Bertz CT molecular complexity index is 1020. The monoisotopic (exact) mass is 395 g/mol. The molecule has 0 saturated carbocycles. The van der Waals surface area contributed by atoms with Gasteiger partial charge in [-0.2, -0.15) is 0 Å². The molecule has 0 heterocycles. The summed E-state index contributed by atoms with van der Waals surface area (Å²) in [6.45, 7) is 2.30. The molecular formula is C21H18ClN3O3. The molecule has 0 atom stereocenters. The standard InChI is InChI=1S/C21H18ClN3O3/c1-14-7-9-17(12-18(14)22)24-21(26)16-8-10-19(20(11-16)25(27)28)23-13-15-5-3-2-4-6-15/h2-12,23H,13H2,1H3,(H,24,26). The van der Waals surface area contributed by atoms with Crippen LogP contribution >= 0.6 is 11.6 Å². The molecule has 0 fully saturated rings. The summed E-state index contributed by atoms with van der Waals surface area (Å²) in [5.74, 6) is -0.447. The Morgan fingerprint density at radius 2 is 1.82 bits per heavy atom. The summed E-state index contributed by atoms with van der Waals surface area (Å²) in [5.41, 5.74) is 2.79. The van der Waals surface area contributed by atoms with Gasteiger partial charge in [0.15, 0.2) is 0 Å². The van der Waals surface area contributed by atoms with E-state index >= 15 is 0 Å². The number of rotatable bonds is 6. The first-order valence-electron chi connectivity index (χ1n) is 8.58. The second kappa shape index (κ2) is 8.54. The number of carbonyl (C=O) groups excluding carboxylic acids is 1. The summed E-state index contributed by atoms with van der Waals surface area (Å²) in [4.78, 5) is 23.4. The van der Waals surface area contributed by atoms with E-state index in [9.17, 15) is 14.9 Å². The van der Waals surface area contributed by atoms with E-state index in [1.54, 1.807) is 24.3 Å². The molecule has 142 valence electrons. The van der Waals surface area contributed by atoms with Crippen LogP contribution in [0.3, 0.4) is 0 Å². The lowest BCUT2D eigenvalue weighted by molar-refractivity contribution is -0.384. The van der Waals surface area contributed by atoms with Gasteiger partial charge in [-0.1, -0.05) is 48.0 Å². The number of amides is 1. The van der Waals surface area contributed by atoms with E-state index in [2.05, 4.69) is 10.6 Å². The van der Waals surface area contributed by atoms with Crippen LogP contribution in [0, 0.1) is 17.0 Å². The lowest BCUT2D eigenvalue weighted by Gasteiger charge is -2.10. The smallest absolute Gasteiger partial charge is 0.293 e. The summed E-state index contributed by atoms with van der Waals surface area (Å²) in [6, 6.07) is 19.1. The molecule has 0 aliphatic carbocycles. The van der Waals surface area contributed by atoms with Crippen molar-refractivity contribution in [2.75, 3.05) is 10.6 Å². The molecule has 0 aliphatic heterocycles. The predicted octanol–water partition coefficient (Wildman–Crippen LogP) is 5.42. The number of aryl methyl sites for hydroxylation is 1. The van der Waals surface area contributed by atoms with Gasteiger partial charge in [0.05, 0.1) is 4.92 Å². The Balaban J connectivity index is 1.78. The number of hydrogen-bond acceptors (Lipinski definition) is 4. The summed E-state index contributed by atoms with van der Waals surface area (Å²) in [6.07, 6.45) is 0. The molecule has 0 aliphatic rings. The largest absolute Gasteiger partial charge is 0.375 e. The van der Waals surface area contributed by atoms with E-state index in [0.717, 1.165) is 11.1 Å². The molecule has 0 aromatic heterocycles. The molecule has 1 amide bonds. The third-order valence-electron chi connectivity index (χ3n) is 4.21. The van der Waals surface area contributed by atoms with Gasteiger partial charge in [-0.3, -0.25) is 14.9 Å². The number of anilines is 2. The lowest BCUT2D eigenvalue weighted by atomic mass is 10.1. The van der Waals surface area contributed by atoms with E-state index in [4.69, 9.17) is 11.6 Å². The Labute approximate surface area is 167 Å². The zero-order valence-corrected chi connectivity index (χ0v) is 15.9. The van der Waals surface area contributed by atoms with Gasteiger partial charge in [0.2, 0.25) is 0 Å². The zero-order chi connectivity index (χ0) is 20.1. The van der Waals surface area contributed by atoms with Crippen LogP contribution in [0.25, 0.3) is 0 Å². The highest BCUT2D eigenvalue weighted by molar-refractivity contribution is 6.31. The summed E-state index contributed by atoms with van der Waals surface area (Å²) in [7, 11) is 0. The van der Waals surface area contributed by atoms with Crippen molar-refractivity contribution in [1.29, 1.82) is 0 Å². The average molecular weight is 396 g/mol. The fourth-order valence-electron chi connectivity index (χ4n) is 2.64. The van der Waals surface area contributed by atoms with Crippen LogP contribution in [0.4, 0.5) is 17.1 Å². The lowest BCUT2D eigenvalue weighted by Crippen LogP contribution is -2.13. The molecule has 3 aromatic carbocycles. The predicted molar refractivity (Wildman–Crippen MR) is 111 cm³/mol. The molecule has 0 saturated heterocycles. The van der Waals surface area contributed by atoms with E-state index in [0.29, 0.717) is 22.9 Å². The number of nitro benzene ring substituents is 1. The van der Waals surface area contributed by atoms with Gasteiger partial charge in [0, 0.05) is 28.9 Å². The first kappa shape index (κ1) is 19.4. The number of nitrogens with one attached hydrogen (secondary N) is 2. The van der Waals surface area contributed by atoms with Gasteiger partial charge < -0.3 is 10.6 Å². The summed E-state index contributed by atoms with van der Waals surface area (Å²) >= 11 is 6.07. The van der Waals surface area contributed by atoms with Crippen LogP contribution in [-0.4, -0.2) is 10.8 Å². The van der Waals surface area contributed by atoms with Crippen LogP contribution in [0.15, 0.2) is 66.7 Å². The Hall–Kier alpha value is -3.38. The maximum absolute atomic E-state index is 12.5. The highest BCUT2D eigenvalue weighted by Crippen LogP contribution is 2.27. The van der Waals surface area contributed by atoms with Crippen molar-refractivity contribution in [1.82, 2.24) is 0 Å². The van der Waals surface area contributed by atoms with Crippen LogP contribution < -0.4 is 10.6 Å². The van der Waals surface area contributed by atoms with E-state index in [1.807, 2.05) is 37.3 Å². The second-order valence-corrected chi connectivity index (χ2v) is 6.65. The molecule has 0 bridgehead atoms. The molecule has 0 unspecified atom stereocenters. The van der Waals surface area contributed by atoms with Crippen molar-refractivity contribution in [3.63, 3.8) is 0 Å². The second-order valence-electron chi connectivity index (χ2n) is 6.25. The fourth-order valence-corrected chi connectivity index (χ4v) is 2.82. The van der Waals surface area contributed by atoms with Gasteiger partial charge in [0.25, 0.3) is 11.6 Å². The average Bonchev–Trinajstić information content (AvgIpc) is 2.69. The first-order chi connectivity index (χ1) is 13.4. The van der Waals surface area contributed by atoms with Crippen LogP contribution in [-0.2, 0) is 6.54 Å². The summed E-state index contributed by atoms with van der Waals surface area (Å²) < 4.78 is 0. The van der Waals surface area contributed by atoms with Crippen molar-refractivity contribution >= 4 is 34.6 Å². The van der Waals surface area contributed by atoms with Crippen LogP contribution in [0.5, 0.6) is 0 Å². The Morgan fingerprint density at radius 1 is 1.07 bits per heavy atom. The molecule has 0 spiro atoms. The van der Waals surface area contributed by atoms with E-state index < -0.39 is 10.8 Å². The van der Waals surface area contributed by atoms with Crippen molar-refractivity contribution in [3.05, 3.63) is 98.6 Å². The third-order valence-corrected chi connectivity index (χ3v) is 4.62. The fraction of sp³-hybridized carbons (Fsp3) is 0.0952. The van der Waals surface area contributed by atoms with Crippen LogP contribution in [0.2, 0.25) is 5.02 Å². The maximum Gasteiger partial charge on any atom is 0.293 e. The molecule has 28 heavy (non-hydrogen) atoms. The highest BCUT2D eigenvalue weighted by atomic mass is 35.5. The molecule has 3 aromatic rings.